The Morgan fingerprint density at radius 1 is 1.39 bits per heavy atom. The van der Waals surface area contributed by atoms with Crippen LogP contribution in [0.25, 0.3) is 0 Å². The third-order valence-electron chi connectivity index (χ3n) is 3.14. The summed E-state index contributed by atoms with van der Waals surface area (Å²) in [5.74, 6) is -0.374. The normalized spacial score (nSPS) is 14.9. The van der Waals surface area contributed by atoms with Gasteiger partial charge >= 0.3 is 5.97 Å². The molecule has 0 aliphatic heterocycles. The molecule has 1 aromatic heterocycles. The smallest absolute Gasteiger partial charge is 0.309 e. The number of hydrogen-bond donors (Lipinski definition) is 2. The van der Waals surface area contributed by atoms with Crippen molar-refractivity contribution in [2.75, 3.05) is 5.32 Å². The largest absolute Gasteiger partial charge is 0.481 e. The third-order valence-corrected chi connectivity index (χ3v) is 3.14. The Labute approximate surface area is 105 Å². The highest BCUT2D eigenvalue weighted by Crippen LogP contribution is 2.29. The van der Waals surface area contributed by atoms with Gasteiger partial charge in [-0.15, -0.1) is 0 Å². The molecule has 0 bridgehead atoms. The summed E-state index contributed by atoms with van der Waals surface area (Å²) < 4.78 is 0. The Hall–Kier alpha value is -1.91. The number of carbonyl (C=O) groups is 2. The average Bonchev–Trinajstić information content (AvgIpc) is 2.26. The Bertz CT molecular complexity index is 438. The minimum atomic E-state index is -0.913. The molecule has 1 heterocycles. The van der Waals surface area contributed by atoms with Crippen LogP contribution in [0.15, 0.2) is 18.3 Å². The van der Waals surface area contributed by atoms with Crippen molar-refractivity contribution < 1.29 is 14.7 Å². The van der Waals surface area contributed by atoms with E-state index in [-0.39, 0.29) is 12.3 Å². The first-order valence-corrected chi connectivity index (χ1v) is 6.10. The van der Waals surface area contributed by atoms with Gasteiger partial charge in [-0.1, -0.05) is 6.42 Å². The lowest BCUT2D eigenvalue weighted by Crippen LogP contribution is -2.20. The van der Waals surface area contributed by atoms with Gasteiger partial charge in [-0.05, 0) is 30.9 Å². The van der Waals surface area contributed by atoms with Gasteiger partial charge in [0.25, 0.3) is 0 Å². The van der Waals surface area contributed by atoms with E-state index >= 15 is 0 Å². The summed E-state index contributed by atoms with van der Waals surface area (Å²) in [6.07, 6.45) is 5.47. The quantitative estimate of drug-likeness (QED) is 0.833. The number of aromatic nitrogens is 1. The molecule has 1 aliphatic carbocycles. The number of nitrogens with one attached hydrogen (secondary N) is 1. The number of pyridine rings is 1. The number of carboxylic acids is 1. The molecular weight excluding hydrogens is 232 g/mol. The third kappa shape index (κ3) is 3.55. The minimum Gasteiger partial charge on any atom is -0.481 e. The fraction of sp³-hybridized carbons (Fsp3) is 0.462. The number of nitrogens with zero attached hydrogens (tertiary/aromatic N) is 1. The van der Waals surface area contributed by atoms with E-state index < -0.39 is 5.97 Å². The second-order valence-electron chi connectivity index (χ2n) is 4.66. The molecule has 1 amide bonds. The van der Waals surface area contributed by atoms with E-state index in [2.05, 4.69) is 10.3 Å². The molecule has 0 saturated heterocycles. The Morgan fingerprint density at radius 2 is 2.17 bits per heavy atom. The molecule has 1 aromatic rings. The van der Waals surface area contributed by atoms with Crippen LogP contribution >= 0.6 is 0 Å². The van der Waals surface area contributed by atoms with Crippen LogP contribution in [0.3, 0.4) is 0 Å². The highest BCUT2D eigenvalue weighted by Gasteiger charge is 2.20. The van der Waals surface area contributed by atoms with E-state index in [0.29, 0.717) is 23.7 Å². The lowest BCUT2D eigenvalue weighted by Gasteiger charge is -2.24. The number of amides is 1. The van der Waals surface area contributed by atoms with E-state index in [1.54, 1.807) is 12.1 Å². The first-order chi connectivity index (χ1) is 8.63. The van der Waals surface area contributed by atoms with Crippen LogP contribution in [0.4, 0.5) is 5.69 Å². The van der Waals surface area contributed by atoms with Crippen LogP contribution in [-0.2, 0) is 16.0 Å². The molecule has 18 heavy (non-hydrogen) atoms. The van der Waals surface area contributed by atoms with Crippen LogP contribution in [0.2, 0.25) is 0 Å². The molecule has 2 rings (SSSR count). The van der Waals surface area contributed by atoms with Crippen molar-refractivity contribution in [3.8, 4) is 0 Å². The van der Waals surface area contributed by atoms with Crippen LogP contribution in [0, 0.1) is 5.92 Å². The molecule has 1 saturated carbocycles. The van der Waals surface area contributed by atoms with Gasteiger partial charge < -0.3 is 10.4 Å². The fourth-order valence-electron chi connectivity index (χ4n) is 1.93. The van der Waals surface area contributed by atoms with Gasteiger partial charge in [0, 0.05) is 6.42 Å². The summed E-state index contributed by atoms with van der Waals surface area (Å²) in [4.78, 5) is 26.1. The lowest BCUT2D eigenvalue weighted by atomic mass is 9.83. The maximum atomic E-state index is 11.6. The van der Waals surface area contributed by atoms with Gasteiger partial charge in [-0.25, -0.2) is 0 Å². The SMILES string of the molecule is O=C(O)Cc1ccc(NC(=O)CC2CCC2)cn1. The second-order valence-corrected chi connectivity index (χ2v) is 4.66. The number of rotatable bonds is 5. The van der Waals surface area contributed by atoms with Gasteiger partial charge in [-0.3, -0.25) is 14.6 Å². The summed E-state index contributed by atoms with van der Waals surface area (Å²) in [6, 6.07) is 3.30. The molecule has 1 fully saturated rings. The zero-order valence-corrected chi connectivity index (χ0v) is 10.1. The summed E-state index contributed by atoms with van der Waals surface area (Å²) >= 11 is 0. The summed E-state index contributed by atoms with van der Waals surface area (Å²) in [6.45, 7) is 0. The van der Waals surface area contributed by atoms with Crippen molar-refractivity contribution in [3.63, 3.8) is 0 Å². The van der Waals surface area contributed by atoms with Gasteiger partial charge in [0.1, 0.15) is 0 Å². The van der Waals surface area contributed by atoms with E-state index in [1.165, 1.54) is 12.6 Å². The van der Waals surface area contributed by atoms with Crippen LogP contribution < -0.4 is 5.32 Å². The monoisotopic (exact) mass is 248 g/mol. The molecule has 5 nitrogen and oxygen atoms in total. The van der Waals surface area contributed by atoms with Crippen molar-refractivity contribution in [1.82, 2.24) is 4.98 Å². The number of carboxylic acid groups (broad SMARTS) is 1. The molecule has 1 aliphatic rings. The molecule has 5 heteroatoms. The molecule has 0 radical (unpaired) electrons. The van der Waals surface area contributed by atoms with Crippen molar-refractivity contribution in [2.24, 2.45) is 5.92 Å². The maximum absolute atomic E-state index is 11.6. The number of aliphatic carboxylic acids is 1. The van der Waals surface area contributed by atoms with E-state index in [0.717, 1.165) is 12.8 Å². The van der Waals surface area contributed by atoms with E-state index in [1.807, 2.05) is 0 Å². The summed E-state index contributed by atoms with van der Waals surface area (Å²) in [5, 5.41) is 11.4. The van der Waals surface area contributed by atoms with Crippen molar-refractivity contribution >= 4 is 17.6 Å². The molecule has 0 unspecified atom stereocenters. The van der Waals surface area contributed by atoms with E-state index in [9.17, 15) is 9.59 Å². The van der Waals surface area contributed by atoms with Crippen molar-refractivity contribution in [2.45, 2.75) is 32.1 Å². The van der Waals surface area contributed by atoms with Gasteiger partial charge in [0.2, 0.25) is 5.91 Å². The highest BCUT2D eigenvalue weighted by molar-refractivity contribution is 5.90. The molecule has 2 N–H and O–H groups in total. The topological polar surface area (TPSA) is 79.3 Å². The van der Waals surface area contributed by atoms with Crippen molar-refractivity contribution in [1.29, 1.82) is 0 Å². The summed E-state index contributed by atoms with van der Waals surface area (Å²) in [7, 11) is 0. The lowest BCUT2D eigenvalue weighted by molar-refractivity contribution is -0.136. The van der Waals surface area contributed by atoms with Crippen LogP contribution in [0.5, 0.6) is 0 Å². The maximum Gasteiger partial charge on any atom is 0.309 e. The Kier molecular flexibility index (Phi) is 3.92. The second kappa shape index (κ2) is 5.62. The zero-order valence-electron chi connectivity index (χ0n) is 10.1. The molecule has 96 valence electrons. The van der Waals surface area contributed by atoms with Crippen LogP contribution in [0.1, 0.15) is 31.4 Å². The Balaban J connectivity index is 1.85. The highest BCUT2D eigenvalue weighted by atomic mass is 16.4. The first kappa shape index (κ1) is 12.5. The number of anilines is 1. The summed E-state index contributed by atoms with van der Waals surface area (Å²) in [5.41, 5.74) is 1.10. The average molecular weight is 248 g/mol. The van der Waals surface area contributed by atoms with Gasteiger partial charge in [0.15, 0.2) is 0 Å². The van der Waals surface area contributed by atoms with E-state index in [4.69, 9.17) is 5.11 Å². The predicted molar refractivity (Wildman–Crippen MR) is 66.2 cm³/mol. The predicted octanol–water partition coefficient (Wildman–Crippen LogP) is 1.84. The van der Waals surface area contributed by atoms with Crippen molar-refractivity contribution in [3.05, 3.63) is 24.0 Å². The minimum absolute atomic E-state index is 0.00693. The Morgan fingerprint density at radius 3 is 2.67 bits per heavy atom. The molecular formula is C13H16N2O3. The zero-order chi connectivity index (χ0) is 13.0. The first-order valence-electron chi connectivity index (χ1n) is 6.10. The standard InChI is InChI=1S/C13H16N2O3/c16-12(6-9-2-1-3-9)15-11-5-4-10(14-8-11)7-13(17)18/h4-5,8-9H,1-3,6-7H2,(H,15,16)(H,17,18). The van der Waals surface area contributed by atoms with Gasteiger partial charge in [-0.2, -0.15) is 0 Å². The number of hydrogen-bond acceptors (Lipinski definition) is 3. The fourth-order valence-corrected chi connectivity index (χ4v) is 1.93. The molecule has 0 aromatic carbocycles. The van der Waals surface area contributed by atoms with Crippen LogP contribution in [-0.4, -0.2) is 22.0 Å². The molecule has 0 atom stereocenters. The number of carbonyl (C=O) groups excluding carboxylic acids is 1. The van der Waals surface area contributed by atoms with Gasteiger partial charge in [0.05, 0.1) is 24.0 Å². The molecule has 0 spiro atoms.